The standard InChI is InChI=1S/C24H24ClN7O2/c1-15-21(22(30-34-15)18-9-11-26-12-10-18)27-24(33)31-13-3-4-20(31)23-29-28-16(2)32(23)14-17-5-7-19(25)8-6-17/h5-12,20H,3-4,13-14H2,1-2H3,(H,27,33). The van der Waals surface area contributed by atoms with E-state index in [0.717, 1.165) is 35.6 Å². The summed E-state index contributed by atoms with van der Waals surface area (Å²) >= 11 is 6.04. The molecule has 34 heavy (non-hydrogen) atoms. The van der Waals surface area contributed by atoms with Gasteiger partial charge in [0, 0.05) is 29.5 Å². The van der Waals surface area contributed by atoms with Gasteiger partial charge in [0.1, 0.15) is 17.2 Å². The maximum absolute atomic E-state index is 13.4. The van der Waals surface area contributed by atoms with Crippen LogP contribution < -0.4 is 5.32 Å². The van der Waals surface area contributed by atoms with E-state index in [2.05, 4.69) is 30.2 Å². The number of anilines is 1. The van der Waals surface area contributed by atoms with Crippen molar-refractivity contribution in [3.05, 3.63) is 76.8 Å². The van der Waals surface area contributed by atoms with Crippen LogP contribution in [-0.4, -0.2) is 42.4 Å². The van der Waals surface area contributed by atoms with Gasteiger partial charge in [0.25, 0.3) is 0 Å². The highest BCUT2D eigenvalue weighted by Gasteiger charge is 2.35. The Kier molecular flexibility index (Phi) is 6.02. The summed E-state index contributed by atoms with van der Waals surface area (Å²) in [5, 5.41) is 16.6. The van der Waals surface area contributed by atoms with Crippen LogP contribution in [0.5, 0.6) is 0 Å². The number of amides is 2. The fraction of sp³-hybridized carbons (Fsp3) is 0.292. The number of aromatic nitrogens is 5. The third-order valence-electron chi connectivity index (χ3n) is 6.08. The van der Waals surface area contributed by atoms with Crippen LogP contribution in [0.15, 0.2) is 53.3 Å². The van der Waals surface area contributed by atoms with Crippen molar-refractivity contribution in [3.63, 3.8) is 0 Å². The second kappa shape index (κ2) is 9.26. The summed E-state index contributed by atoms with van der Waals surface area (Å²) in [6.07, 6.45) is 5.05. The lowest BCUT2D eigenvalue weighted by atomic mass is 10.1. The number of hydrogen-bond donors (Lipinski definition) is 1. The van der Waals surface area contributed by atoms with Crippen molar-refractivity contribution in [2.45, 2.75) is 39.3 Å². The van der Waals surface area contributed by atoms with Crippen LogP contribution in [-0.2, 0) is 6.54 Å². The van der Waals surface area contributed by atoms with Crippen LogP contribution in [0.3, 0.4) is 0 Å². The van der Waals surface area contributed by atoms with Gasteiger partial charge < -0.3 is 19.3 Å². The molecule has 0 radical (unpaired) electrons. The zero-order valence-electron chi connectivity index (χ0n) is 18.9. The molecule has 1 N–H and O–H groups in total. The van der Waals surface area contributed by atoms with Gasteiger partial charge in [-0.1, -0.05) is 28.9 Å². The van der Waals surface area contributed by atoms with Gasteiger partial charge in [0.15, 0.2) is 11.6 Å². The number of carbonyl (C=O) groups is 1. The van der Waals surface area contributed by atoms with E-state index in [1.165, 1.54) is 0 Å². The van der Waals surface area contributed by atoms with E-state index in [-0.39, 0.29) is 12.1 Å². The quantitative estimate of drug-likeness (QED) is 0.433. The van der Waals surface area contributed by atoms with E-state index in [4.69, 9.17) is 16.1 Å². The van der Waals surface area contributed by atoms with Gasteiger partial charge in [-0.15, -0.1) is 10.2 Å². The molecule has 4 heterocycles. The first-order valence-corrected chi connectivity index (χ1v) is 11.5. The Hall–Kier alpha value is -3.72. The first-order chi connectivity index (χ1) is 16.5. The first-order valence-electron chi connectivity index (χ1n) is 11.1. The first kappa shape index (κ1) is 22.1. The van der Waals surface area contributed by atoms with E-state index < -0.39 is 0 Å². The Morgan fingerprint density at radius 1 is 1.15 bits per heavy atom. The molecule has 2 amide bonds. The van der Waals surface area contributed by atoms with Crippen molar-refractivity contribution in [1.29, 1.82) is 0 Å². The van der Waals surface area contributed by atoms with E-state index in [0.29, 0.717) is 35.3 Å². The molecule has 1 aliphatic heterocycles. The minimum Gasteiger partial charge on any atom is -0.359 e. The molecule has 1 unspecified atom stereocenters. The summed E-state index contributed by atoms with van der Waals surface area (Å²) in [5.74, 6) is 2.11. The van der Waals surface area contributed by atoms with E-state index in [9.17, 15) is 4.79 Å². The van der Waals surface area contributed by atoms with Gasteiger partial charge in [-0.3, -0.25) is 4.98 Å². The molecular weight excluding hydrogens is 454 g/mol. The predicted molar refractivity (Wildman–Crippen MR) is 127 cm³/mol. The van der Waals surface area contributed by atoms with Crippen molar-refractivity contribution >= 4 is 23.3 Å². The predicted octanol–water partition coefficient (Wildman–Crippen LogP) is 5.02. The Labute approximate surface area is 201 Å². The SMILES string of the molecule is Cc1onc(-c2ccncc2)c1NC(=O)N1CCCC1c1nnc(C)n1Cc1ccc(Cl)cc1. The number of aryl methyl sites for hydroxylation is 2. The minimum absolute atomic E-state index is 0.182. The summed E-state index contributed by atoms with van der Waals surface area (Å²) in [7, 11) is 0. The van der Waals surface area contributed by atoms with E-state index in [1.807, 2.05) is 48.2 Å². The molecule has 0 aliphatic carbocycles. The fourth-order valence-corrected chi connectivity index (χ4v) is 4.42. The van der Waals surface area contributed by atoms with Crippen LogP contribution >= 0.6 is 11.6 Å². The smallest absolute Gasteiger partial charge is 0.322 e. The highest BCUT2D eigenvalue weighted by Crippen LogP contribution is 2.34. The van der Waals surface area contributed by atoms with Crippen LogP contribution in [0.1, 0.15) is 41.9 Å². The van der Waals surface area contributed by atoms with Gasteiger partial charge in [-0.05, 0) is 56.5 Å². The fourth-order valence-electron chi connectivity index (χ4n) is 4.29. The van der Waals surface area contributed by atoms with Gasteiger partial charge in [0.05, 0.1) is 12.6 Å². The molecule has 1 fully saturated rings. The average Bonchev–Trinajstić information content (AvgIpc) is 3.56. The number of carbonyl (C=O) groups excluding carboxylic acids is 1. The van der Waals surface area contributed by atoms with Crippen LogP contribution in [0, 0.1) is 13.8 Å². The van der Waals surface area contributed by atoms with Gasteiger partial charge in [-0.25, -0.2) is 4.79 Å². The zero-order chi connectivity index (χ0) is 23.7. The summed E-state index contributed by atoms with van der Waals surface area (Å²) in [6.45, 7) is 4.93. The van der Waals surface area contributed by atoms with Gasteiger partial charge >= 0.3 is 6.03 Å². The lowest BCUT2D eigenvalue weighted by molar-refractivity contribution is 0.203. The largest absolute Gasteiger partial charge is 0.359 e. The molecular formula is C24H24ClN7O2. The van der Waals surface area contributed by atoms with Crippen molar-refractivity contribution in [1.82, 2.24) is 29.8 Å². The Bertz CT molecular complexity index is 1300. The molecule has 4 aromatic rings. The van der Waals surface area contributed by atoms with Crippen LogP contribution in [0.25, 0.3) is 11.3 Å². The Balaban J connectivity index is 1.39. The maximum Gasteiger partial charge on any atom is 0.322 e. The highest BCUT2D eigenvalue weighted by molar-refractivity contribution is 6.30. The summed E-state index contributed by atoms with van der Waals surface area (Å²) in [6, 6.07) is 11.0. The molecule has 0 bridgehead atoms. The molecule has 1 saturated heterocycles. The number of likely N-dealkylation sites (tertiary alicyclic amines) is 1. The monoisotopic (exact) mass is 477 g/mol. The summed E-state index contributed by atoms with van der Waals surface area (Å²) in [4.78, 5) is 19.3. The van der Waals surface area contributed by atoms with Crippen LogP contribution in [0.4, 0.5) is 10.5 Å². The molecule has 10 heteroatoms. The summed E-state index contributed by atoms with van der Waals surface area (Å²) < 4.78 is 7.44. The molecule has 174 valence electrons. The number of pyridine rings is 1. The number of benzene rings is 1. The zero-order valence-corrected chi connectivity index (χ0v) is 19.7. The van der Waals surface area contributed by atoms with Gasteiger partial charge in [0.2, 0.25) is 0 Å². The minimum atomic E-state index is -0.220. The van der Waals surface area contributed by atoms with Crippen molar-refractivity contribution < 1.29 is 9.32 Å². The van der Waals surface area contributed by atoms with E-state index in [1.54, 1.807) is 19.3 Å². The van der Waals surface area contributed by atoms with Gasteiger partial charge in [-0.2, -0.15) is 0 Å². The second-order valence-corrected chi connectivity index (χ2v) is 8.73. The average molecular weight is 478 g/mol. The molecule has 1 aromatic carbocycles. The normalized spacial score (nSPS) is 15.6. The molecule has 0 spiro atoms. The number of urea groups is 1. The lowest BCUT2D eigenvalue weighted by Gasteiger charge is -2.25. The van der Waals surface area contributed by atoms with Crippen molar-refractivity contribution in [2.75, 3.05) is 11.9 Å². The third-order valence-corrected chi connectivity index (χ3v) is 6.33. The molecule has 3 aromatic heterocycles. The lowest BCUT2D eigenvalue weighted by Crippen LogP contribution is -2.35. The number of rotatable bonds is 5. The topological polar surface area (TPSA) is 102 Å². The van der Waals surface area contributed by atoms with Crippen LogP contribution in [0.2, 0.25) is 5.02 Å². The number of halogens is 1. The third kappa shape index (κ3) is 4.26. The van der Waals surface area contributed by atoms with Crippen molar-refractivity contribution in [2.24, 2.45) is 0 Å². The number of hydrogen-bond acceptors (Lipinski definition) is 6. The number of nitrogens with one attached hydrogen (secondary N) is 1. The maximum atomic E-state index is 13.4. The second-order valence-electron chi connectivity index (χ2n) is 8.30. The Morgan fingerprint density at radius 3 is 2.68 bits per heavy atom. The van der Waals surface area contributed by atoms with Crippen molar-refractivity contribution in [3.8, 4) is 11.3 Å². The number of nitrogens with zero attached hydrogens (tertiary/aromatic N) is 6. The van der Waals surface area contributed by atoms with E-state index >= 15 is 0 Å². The molecule has 1 aliphatic rings. The molecule has 9 nitrogen and oxygen atoms in total. The molecule has 0 saturated carbocycles. The highest BCUT2D eigenvalue weighted by atomic mass is 35.5. The summed E-state index contributed by atoms with van der Waals surface area (Å²) in [5.41, 5.74) is 3.04. The molecule has 5 rings (SSSR count). The molecule has 1 atom stereocenters. The Morgan fingerprint density at radius 2 is 1.91 bits per heavy atom.